The van der Waals surface area contributed by atoms with Gasteiger partial charge < -0.3 is 4.42 Å². The fourth-order valence-electron chi connectivity index (χ4n) is 5.84. The Kier molecular flexibility index (Phi) is 3.17. The van der Waals surface area contributed by atoms with E-state index < -0.39 is 0 Å². The lowest BCUT2D eigenvalue weighted by Crippen LogP contribution is -1.91. The Morgan fingerprint density at radius 2 is 1.43 bits per heavy atom. The highest BCUT2D eigenvalue weighted by Gasteiger charge is 2.19. The predicted octanol–water partition coefficient (Wildman–Crippen LogP) is 9.06. The van der Waals surface area contributed by atoms with Crippen LogP contribution >= 0.6 is 11.3 Å². The van der Waals surface area contributed by atoms with Crippen LogP contribution in [-0.2, 0) is 0 Å². The topological polar surface area (TPSA) is 30.4 Å². The molecule has 162 valence electrons. The zero-order valence-corrected chi connectivity index (χ0v) is 19.3. The molecule has 0 aliphatic carbocycles. The van der Waals surface area contributed by atoms with Gasteiger partial charge in [-0.2, -0.15) is 0 Å². The minimum atomic E-state index is 0.899. The van der Waals surface area contributed by atoms with Gasteiger partial charge in [0, 0.05) is 41.7 Å². The first-order chi connectivity index (χ1) is 17.3. The van der Waals surface area contributed by atoms with Gasteiger partial charge in [-0.25, -0.2) is 4.98 Å². The number of imidazole rings is 1. The number of pyridine rings is 1. The Hall–Kier alpha value is -4.41. The van der Waals surface area contributed by atoms with Gasteiger partial charge in [-0.15, -0.1) is 11.3 Å². The lowest BCUT2D eigenvalue weighted by molar-refractivity contribution is 0.669. The lowest BCUT2D eigenvalue weighted by Gasteiger charge is -2.10. The fraction of sp³-hybridized carbons (Fsp3) is 0. The van der Waals surface area contributed by atoms with Crippen molar-refractivity contribution in [3.05, 3.63) is 97.1 Å². The van der Waals surface area contributed by atoms with Crippen LogP contribution in [0.4, 0.5) is 0 Å². The van der Waals surface area contributed by atoms with Crippen molar-refractivity contribution in [1.29, 1.82) is 0 Å². The first-order valence-corrected chi connectivity index (χ1v) is 12.5. The maximum absolute atomic E-state index is 6.30. The van der Waals surface area contributed by atoms with Crippen LogP contribution in [-0.4, -0.2) is 9.38 Å². The van der Waals surface area contributed by atoms with Gasteiger partial charge in [0.05, 0.1) is 16.6 Å². The Labute approximate surface area is 202 Å². The molecule has 0 saturated heterocycles. The van der Waals surface area contributed by atoms with E-state index in [1.54, 1.807) is 0 Å². The summed E-state index contributed by atoms with van der Waals surface area (Å²) in [6.07, 6.45) is 0. The van der Waals surface area contributed by atoms with Crippen molar-refractivity contribution in [2.24, 2.45) is 0 Å². The van der Waals surface area contributed by atoms with Crippen LogP contribution in [0.1, 0.15) is 0 Å². The molecule has 4 heterocycles. The minimum absolute atomic E-state index is 0.899. The zero-order chi connectivity index (χ0) is 22.7. The molecule has 0 fully saturated rings. The molecule has 4 aromatic heterocycles. The molecular weight excluding hydrogens is 448 g/mol. The molecule has 5 aromatic carbocycles. The molecule has 0 spiro atoms. The smallest absolute Gasteiger partial charge is 0.146 e. The summed E-state index contributed by atoms with van der Waals surface area (Å²) in [5.74, 6) is 0. The lowest BCUT2D eigenvalue weighted by atomic mass is 10.0. The largest absolute Gasteiger partial charge is 0.456 e. The summed E-state index contributed by atoms with van der Waals surface area (Å²) < 4.78 is 11.3. The SMILES string of the molecule is c1ccc2c(c1)nc1c3cc4oc5ccccc5c4cc3c3c4sc5ccccc5c4ccc3n21. The summed E-state index contributed by atoms with van der Waals surface area (Å²) in [4.78, 5) is 5.10. The molecule has 0 atom stereocenters. The Morgan fingerprint density at radius 1 is 0.600 bits per heavy atom. The molecule has 3 nitrogen and oxygen atoms in total. The molecular formula is C31H16N2OS. The van der Waals surface area contributed by atoms with Crippen LogP contribution in [0.2, 0.25) is 0 Å². The quantitative estimate of drug-likeness (QED) is 0.210. The van der Waals surface area contributed by atoms with E-state index in [0.717, 1.165) is 44.0 Å². The average molecular weight is 465 g/mol. The van der Waals surface area contributed by atoms with E-state index in [1.165, 1.54) is 36.5 Å². The highest BCUT2D eigenvalue weighted by molar-refractivity contribution is 7.26. The van der Waals surface area contributed by atoms with Gasteiger partial charge in [-0.1, -0.05) is 54.6 Å². The zero-order valence-electron chi connectivity index (χ0n) is 18.4. The maximum atomic E-state index is 6.30. The molecule has 9 aromatic rings. The number of hydrogen-bond acceptors (Lipinski definition) is 3. The number of benzene rings is 5. The molecule has 35 heavy (non-hydrogen) atoms. The summed E-state index contributed by atoms with van der Waals surface area (Å²) in [6, 6.07) is 34.5. The number of aromatic nitrogens is 2. The Bertz CT molecular complexity index is 2330. The van der Waals surface area contributed by atoms with Gasteiger partial charge in [-0.3, -0.25) is 4.40 Å². The number of fused-ring (bicyclic) bond motifs is 15. The third-order valence-electron chi connectivity index (χ3n) is 7.35. The van der Waals surface area contributed by atoms with E-state index in [2.05, 4.69) is 89.3 Å². The highest BCUT2D eigenvalue weighted by atomic mass is 32.1. The van der Waals surface area contributed by atoms with E-state index >= 15 is 0 Å². The number of furan rings is 1. The van der Waals surface area contributed by atoms with Crippen molar-refractivity contribution in [2.45, 2.75) is 0 Å². The molecule has 0 radical (unpaired) electrons. The van der Waals surface area contributed by atoms with Gasteiger partial charge in [0.1, 0.15) is 16.8 Å². The second-order valence-electron chi connectivity index (χ2n) is 9.19. The van der Waals surface area contributed by atoms with Crippen molar-refractivity contribution >= 4 is 91.8 Å². The Morgan fingerprint density at radius 3 is 2.40 bits per heavy atom. The summed E-state index contributed by atoms with van der Waals surface area (Å²) in [7, 11) is 0. The molecule has 4 heteroatoms. The van der Waals surface area contributed by atoms with Gasteiger partial charge in [0.2, 0.25) is 0 Å². The molecule has 0 aliphatic heterocycles. The summed E-state index contributed by atoms with van der Waals surface area (Å²) in [5, 5.41) is 8.53. The van der Waals surface area contributed by atoms with Crippen LogP contribution in [0.15, 0.2) is 101 Å². The number of rotatable bonds is 0. The third kappa shape index (κ3) is 2.18. The van der Waals surface area contributed by atoms with Gasteiger partial charge in [0.15, 0.2) is 0 Å². The van der Waals surface area contributed by atoms with Crippen LogP contribution in [0, 0.1) is 0 Å². The van der Waals surface area contributed by atoms with Crippen molar-refractivity contribution in [2.75, 3.05) is 0 Å². The minimum Gasteiger partial charge on any atom is -0.456 e. The molecule has 0 N–H and O–H groups in total. The van der Waals surface area contributed by atoms with Crippen molar-refractivity contribution in [3.8, 4) is 0 Å². The van der Waals surface area contributed by atoms with Crippen LogP contribution < -0.4 is 0 Å². The fourth-order valence-corrected chi connectivity index (χ4v) is 7.10. The van der Waals surface area contributed by atoms with E-state index in [-0.39, 0.29) is 0 Å². The molecule has 0 amide bonds. The molecule has 0 saturated carbocycles. The Balaban J connectivity index is 1.64. The van der Waals surface area contributed by atoms with E-state index in [0.29, 0.717) is 0 Å². The second-order valence-corrected chi connectivity index (χ2v) is 10.2. The van der Waals surface area contributed by atoms with Gasteiger partial charge >= 0.3 is 0 Å². The number of para-hydroxylation sites is 3. The molecule has 9 rings (SSSR count). The maximum Gasteiger partial charge on any atom is 0.146 e. The first-order valence-electron chi connectivity index (χ1n) is 11.7. The summed E-state index contributed by atoms with van der Waals surface area (Å²) in [6.45, 7) is 0. The predicted molar refractivity (Wildman–Crippen MR) is 148 cm³/mol. The van der Waals surface area contributed by atoms with Crippen LogP contribution in [0.5, 0.6) is 0 Å². The van der Waals surface area contributed by atoms with Gasteiger partial charge in [0.25, 0.3) is 0 Å². The third-order valence-corrected chi connectivity index (χ3v) is 8.56. The first kappa shape index (κ1) is 18.0. The average Bonchev–Trinajstić information content (AvgIpc) is 3.58. The molecule has 0 bridgehead atoms. The second kappa shape index (κ2) is 6.17. The van der Waals surface area contributed by atoms with Gasteiger partial charge in [-0.05, 0) is 47.9 Å². The number of hydrogen-bond donors (Lipinski definition) is 0. The summed E-state index contributed by atoms with van der Waals surface area (Å²) >= 11 is 1.88. The summed E-state index contributed by atoms with van der Waals surface area (Å²) in [5.41, 5.74) is 6.10. The van der Waals surface area contributed by atoms with Crippen LogP contribution in [0.3, 0.4) is 0 Å². The van der Waals surface area contributed by atoms with Crippen LogP contribution in [0.25, 0.3) is 80.5 Å². The van der Waals surface area contributed by atoms with Crippen molar-refractivity contribution < 1.29 is 4.42 Å². The van der Waals surface area contributed by atoms with Crippen molar-refractivity contribution in [3.63, 3.8) is 0 Å². The standard InChI is InChI=1S/C31H16N2OS/c1-5-11-26-17(7-1)20-15-21-22(16-27(20)34-26)31-32-23-9-3-4-10-24(23)33(31)25-14-13-19-18-8-2-6-12-28(18)35-30(19)29(21)25/h1-16H. The highest BCUT2D eigenvalue weighted by Crippen LogP contribution is 2.44. The monoisotopic (exact) mass is 464 g/mol. The van der Waals surface area contributed by atoms with Crippen molar-refractivity contribution in [1.82, 2.24) is 9.38 Å². The molecule has 0 aliphatic rings. The van der Waals surface area contributed by atoms with E-state index in [9.17, 15) is 0 Å². The number of nitrogens with zero attached hydrogens (tertiary/aromatic N) is 2. The van der Waals surface area contributed by atoms with E-state index in [1.807, 2.05) is 23.5 Å². The molecule has 0 unspecified atom stereocenters. The normalized spacial score (nSPS) is 12.6. The number of thiophene rings is 1. The van der Waals surface area contributed by atoms with E-state index in [4.69, 9.17) is 9.40 Å².